The molecule has 0 unspecified atom stereocenters. The molecule has 2 aromatic carbocycles. The van der Waals surface area contributed by atoms with Crippen molar-refractivity contribution in [2.75, 3.05) is 13.2 Å². The lowest BCUT2D eigenvalue weighted by atomic mass is 10.1. The van der Waals surface area contributed by atoms with Crippen molar-refractivity contribution >= 4 is 33.4 Å². The second-order valence-electron chi connectivity index (χ2n) is 8.06. The molecular formula is C24H27N3O3S. The maximum absolute atomic E-state index is 12.9. The molecule has 1 fully saturated rings. The molecule has 3 aromatic rings. The van der Waals surface area contributed by atoms with E-state index in [4.69, 9.17) is 4.74 Å². The summed E-state index contributed by atoms with van der Waals surface area (Å²) in [7, 11) is 0. The normalized spacial score (nSPS) is 17.8. The Kier molecular flexibility index (Phi) is 6.34. The van der Waals surface area contributed by atoms with Gasteiger partial charge >= 0.3 is 0 Å². The number of hydrogen-bond donors (Lipinski definition) is 1. The fourth-order valence-corrected chi connectivity index (χ4v) is 4.93. The molecule has 2 amide bonds. The van der Waals surface area contributed by atoms with E-state index in [2.05, 4.69) is 16.4 Å². The number of fused-ring (bicyclic) bond motifs is 1. The Balaban J connectivity index is 1.69. The van der Waals surface area contributed by atoms with Crippen LogP contribution in [-0.4, -0.2) is 35.6 Å². The van der Waals surface area contributed by atoms with Gasteiger partial charge in [0, 0.05) is 18.7 Å². The zero-order chi connectivity index (χ0) is 22.0. The lowest BCUT2D eigenvalue weighted by molar-refractivity contribution is -0.124. The van der Waals surface area contributed by atoms with Crippen LogP contribution in [0.5, 0.6) is 0 Å². The summed E-state index contributed by atoms with van der Waals surface area (Å²) in [5.41, 5.74) is 3.63. The third-order valence-corrected chi connectivity index (χ3v) is 6.59. The number of thiazole rings is 1. The molecule has 4 rings (SSSR count). The van der Waals surface area contributed by atoms with Gasteiger partial charge in [0.2, 0.25) is 5.91 Å². The predicted molar refractivity (Wildman–Crippen MR) is 122 cm³/mol. The molecule has 31 heavy (non-hydrogen) atoms. The number of ether oxygens (including phenoxy) is 1. The maximum Gasteiger partial charge on any atom is 0.279 e. The Morgan fingerprint density at radius 2 is 1.94 bits per heavy atom. The first-order valence-corrected chi connectivity index (χ1v) is 11.4. The van der Waals surface area contributed by atoms with Crippen LogP contribution in [0.25, 0.3) is 10.2 Å². The van der Waals surface area contributed by atoms with Gasteiger partial charge in [-0.25, -0.2) is 0 Å². The quantitative estimate of drug-likeness (QED) is 0.658. The third kappa shape index (κ3) is 4.78. The van der Waals surface area contributed by atoms with Crippen molar-refractivity contribution < 1.29 is 14.3 Å². The van der Waals surface area contributed by atoms with Gasteiger partial charge in [-0.05, 0) is 63.4 Å². The van der Waals surface area contributed by atoms with Crippen LogP contribution in [0.2, 0.25) is 0 Å². The van der Waals surface area contributed by atoms with E-state index < -0.39 is 6.04 Å². The first kappa shape index (κ1) is 21.5. The van der Waals surface area contributed by atoms with Crippen LogP contribution in [0, 0.1) is 13.8 Å². The summed E-state index contributed by atoms with van der Waals surface area (Å²) in [5, 5.41) is 3.00. The van der Waals surface area contributed by atoms with Crippen LogP contribution in [0.1, 0.15) is 47.3 Å². The van der Waals surface area contributed by atoms with Gasteiger partial charge in [0.05, 0.1) is 16.3 Å². The number of rotatable bonds is 5. The summed E-state index contributed by atoms with van der Waals surface area (Å²) >= 11 is 1.42. The highest BCUT2D eigenvalue weighted by Gasteiger charge is 2.22. The molecule has 1 saturated heterocycles. The number of amides is 2. The molecule has 0 bridgehead atoms. The van der Waals surface area contributed by atoms with Crippen molar-refractivity contribution in [1.82, 2.24) is 9.88 Å². The maximum atomic E-state index is 12.9. The molecule has 7 heteroatoms. The van der Waals surface area contributed by atoms with Crippen LogP contribution in [0.3, 0.4) is 0 Å². The molecule has 0 spiro atoms. The summed E-state index contributed by atoms with van der Waals surface area (Å²) in [6.45, 7) is 7.09. The second kappa shape index (κ2) is 9.16. The fraction of sp³-hybridized carbons (Fsp3) is 0.375. The van der Waals surface area contributed by atoms with E-state index in [1.807, 2.05) is 49.6 Å². The van der Waals surface area contributed by atoms with E-state index in [9.17, 15) is 9.59 Å². The number of carbonyl (C=O) groups excluding carboxylic acids is 2. The minimum atomic E-state index is -0.512. The number of benzene rings is 2. The number of hydrogen-bond acceptors (Lipinski definition) is 4. The SMILES string of the molecule is Cc1ccc(C(=O)N=c2sc3cc(C)ccc3n2[C@H](C)C(=O)NC[C@@H]2CCCO2)cc1. The minimum absolute atomic E-state index is 0.0790. The van der Waals surface area contributed by atoms with Crippen LogP contribution in [-0.2, 0) is 9.53 Å². The topological polar surface area (TPSA) is 72.7 Å². The fourth-order valence-electron chi connectivity index (χ4n) is 3.74. The Morgan fingerprint density at radius 1 is 1.19 bits per heavy atom. The largest absolute Gasteiger partial charge is 0.376 e. The molecule has 0 saturated carbocycles. The Labute approximate surface area is 185 Å². The molecule has 1 aromatic heterocycles. The molecular weight excluding hydrogens is 410 g/mol. The van der Waals surface area contributed by atoms with E-state index in [1.54, 1.807) is 12.1 Å². The van der Waals surface area contributed by atoms with E-state index in [-0.39, 0.29) is 17.9 Å². The highest BCUT2D eigenvalue weighted by Crippen LogP contribution is 2.23. The highest BCUT2D eigenvalue weighted by atomic mass is 32.1. The lowest BCUT2D eigenvalue weighted by Crippen LogP contribution is -2.38. The summed E-state index contributed by atoms with van der Waals surface area (Å²) < 4.78 is 8.46. The van der Waals surface area contributed by atoms with Crippen molar-refractivity contribution in [3.05, 3.63) is 64.0 Å². The first-order valence-electron chi connectivity index (χ1n) is 10.6. The molecule has 6 nitrogen and oxygen atoms in total. The summed E-state index contributed by atoms with van der Waals surface area (Å²) in [5.74, 6) is -0.427. The van der Waals surface area contributed by atoms with Gasteiger partial charge in [0.1, 0.15) is 6.04 Å². The van der Waals surface area contributed by atoms with E-state index in [0.29, 0.717) is 16.9 Å². The standard InChI is InChI=1S/C24H27N3O3S/c1-15-6-9-18(10-7-15)23(29)26-24-27(20-11-8-16(2)13-21(20)31-24)17(3)22(28)25-14-19-5-4-12-30-19/h6-11,13,17,19H,4-5,12,14H2,1-3H3,(H,25,28)/t17-,19+/m1/s1. The number of carbonyl (C=O) groups is 2. The minimum Gasteiger partial charge on any atom is -0.376 e. The Morgan fingerprint density at radius 3 is 2.65 bits per heavy atom. The van der Waals surface area contributed by atoms with E-state index in [1.165, 1.54) is 11.3 Å². The monoisotopic (exact) mass is 437 g/mol. The average Bonchev–Trinajstić information content (AvgIpc) is 3.39. The van der Waals surface area contributed by atoms with Gasteiger partial charge in [-0.15, -0.1) is 0 Å². The number of nitrogens with one attached hydrogen (secondary N) is 1. The van der Waals surface area contributed by atoms with Crippen molar-refractivity contribution in [2.24, 2.45) is 4.99 Å². The summed E-state index contributed by atoms with van der Waals surface area (Å²) in [6, 6.07) is 12.9. The Bertz CT molecular complexity index is 1170. The summed E-state index contributed by atoms with van der Waals surface area (Å²) in [4.78, 5) is 30.7. The van der Waals surface area contributed by atoms with Crippen LogP contribution in [0.15, 0.2) is 47.5 Å². The van der Waals surface area contributed by atoms with Gasteiger partial charge in [-0.2, -0.15) is 4.99 Å². The molecule has 2 atom stereocenters. The van der Waals surface area contributed by atoms with Crippen LogP contribution >= 0.6 is 11.3 Å². The highest BCUT2D eigenvalue weighted by molar-refractivity contribution is 7.16. The Hall–Kier alpha value is -2.77. The summed E-state index contributed by atoms with van der Waals surface area (Å²) in [6.07, 6.45) is 2.08. The van der Waals surface area contributed by atoms with Crippen molar-refractivity contribution in [3.63, 3.8) is 0 Å². The second-order valence-corrected chi connectivity index (χ2v) is 9.07. The smallest absolute Gasteiger partial charge is 0.279 e. The van der Waals surface area contributed by atoms with Gasteiger partial charge in [-0.3, -0.25) is 9.59 Å². The van der Waals surface area contributed by atoms with Gasteiger partial charge in [-0.1, -0.05) is 35.1 Å². The molecule has 1 N–H and O–H groups in total. The first-order chi connectivity index (χ1) is 14.9. The van der Waals surface area contributed by atoms with Gasteiger partial charge < -0.3 is 14.6 Å². The van der Waals surface area contributed by atoms with Crippen LogP contribution < -0.4 is 10.1 Å². The van der Waals surface area contributed by atoms with E-state index in [0.717, 1.165) is 40.8 Å². The van der Waals surface area contributed by atoms with E-state index >= 15 is 0 Å². The number of aromatic nitrogens is 1. The lowest BCUT2D eigenvalue weighted by Gasteiger charge is -2.17. The van der Waals surface area contributed by atoms with Gasteiger partial charge in [0.15, 0.2) is 4.80 Å². The molecule has 2 heterocycles. The van der Waals surface area contributed by atoms with Gasteiger partial charge in [0.25, 0.3) is 5.91 Å². The molecule has 0 aliphatic carbocycles. The van der Waals surface area contributed by atoms with Crippen molar-refractivity contribution in [3.8, 4) is 0 Å². The molecule has 1 aliphatic heterocycles. The third-order valence-electron chi connectivity index (χ3n) is 5.57. The zero-order valence-corrected chi connectivity index (χ0v) is 18.9. The van der Waals surface area contributed by atoms with Crippen molar-refractivity contribution in [1.29, 1.82) is 0 Å². The predicted octanol–water partition coefficient (Wildman–Crippen LogP) is 3.92. The number of nitrogens with zero attached hydrogens (tertiary/aromatic N) is 2. The molecule has 1 aliphatic rings. The average molecular weight is 438 g/mol. The van der Waals surface area contributed by atoms with Crippen LogP contribution in [0.4, 0.5) is 0 Å². The van der Waals surface area contributed by atoms with Crippen molar-refractivity contribution in [2.45, 2.75) is 45.8 Å². The molecule has 162 valence electrons. The number of aryl methyl sites for hydroxylation is 2. The molecule has 0 radical (unpaired) electrons. The zero-order valence-electron chi connectivity index (χ0n) is 18.1.